The predicted molar refractivity (Wildman–Crippen MR) is 114 cm³/mol. The van der Waals surface area contributed by atoms with Crippen molar-refractivity contribution in [1.29, 1.82) is 0 Å². The molecule has 0 spiro atoms. The van der Waals surface area contributed by atoms with Gasteiger partial charge in [-0.1, -0.05) is 29.3 Å². The molecule has 144 valence electrons. The standard InChI is InChI=1S/C21H16Cl2FNO2S/c22-14-3-1-13(18(23)8-14)10-25-19-5-6-28-11-17(19)16-9-15(24)7-12(21(16)25)2-4-20(26)27/h1-4,7-9H,5-6,10-11H2,(H,26,27)/b4-2+. The van der Waals surface area contributed by atoms with Gasteiger partial charge in [-0.2, -0.15) is 11.8 Å². The lowest BCUT2D eigenvalue weighted by atomic mass is 10.1. The van der Waals surface area contributed by atoms with E-state index in [9.17, 15) is 9.18 Å². The molecular formula is C21H16Cl2FNO2S. The normalized spacial score (nSPS) is 14.0. The number of halogens is 3. The van der Waals surface area contributed by atoms with Gasteiger partial charge in [0.25, 0.3) is 0 Å². The smallest absolute Gasteiger partial charge is 0.328 e. The van der Waals surface area contributed by atoms with Crippen LogP contribution in [0.15, 0.2) is 36.4 Å². The number of carbonyl (C=O) groups is 1. The number of thioether (sulfide) groups is 1. The van der Waals surface area contributed by atoms with Crippen LogP contribution in [0.5, 0.6) is 0 Å². The van der Waals surface area contributed by atoms with E-state index < -0.39 is 5.97 Å². The van der Waals surface area contributed by atoms with E-state index in [1.165, 1.54) is 18.2 Å². The first-order valence-electron chi connectivity index (χ1n) is 8.70. The fourth-order valence-corrected chi connectivity index (χ4v) is 5.15. The highest BCUT2D eigenvalue weighted by atomic mass is 35.5. The Labute approximate surface area is 175 Å². The summed E-state index contributed by atoms with van der Waals surface area (Å²) in [7, 11) is 0. The van der Waals surface area contributed by atoms with E-state index in [0.29, 0.717) is 22.2 Å². The van der Waals surface area contributed by atoms with Crippen LogP contribution in [0, 0.1) is 5.82 Å². The molecule has 1 aromatic heterocycles. The number of fused-ring (bicyclic) bond motifs is 3. The van der Waals surface area contributed by atoms with Crippen molar-refractivity contribution in [3.63, 3.8) is 0 Å². The maximum atomic E-state index is 14.3. The molecule has 3 nitrogen and oxygen atoms in total. The highest BCUT2D eigenvalue weighted by Crippen LogP contribution is 2.37. The van der Waals surface area contributed by atoms with Crippen molar-refractivity contribution in [1.82, 2.24) is 4.57 Å². The molecule has 3 aromatic rings. The number of rotatable bonds is 4. The number of nitrogens with zero attached hydrogens (tertiary/aromatic N) is 1. The van der Waals surface area contributed by atoms with E-state index in [2.05, 4.69) is 4.57 Å². The van der Waals surface area contributed by atoms with Gasteiger partial charge in [-0.25, -0.2) is 9.18 Å². The van der Waals surface area contributed by atoms with Gasteiger partial charge in [0.2, 0.25) is 0 Å². The zero-order chi connectivity index (χ0) is 19.8. The van der Waals surface area contributed by atoms with Gasteiger partial charge < -0.3 is 9.67 Å². The van der Waals surface area contributed by atoms with Crippen molar-refractivity contribution in [2.45, 2.75) is 18.7 Å². The molecule has 0 fully saturated rings. The maximum absolute atomic E-state index is 14.3. The molecular weight excluding hydrogens is 420 g/mol. The molecule has 7 heteroatoms. The molecule has 0 aliphatic carbocycles. The van der Waals surface area contributed by atoms with Crippen molar-refractivity contribution < 1.29 is 14.3 Å². The molecule has 1 aliphatic heterocycles. The van der Waals surface area contributed by atoms with Crippen molar-refractivity contribution >= 4 is 57.9 Å². The third-order valence-electron chi connectivity index (χ3n) is 4.85. The fraction of sp³-hybridized carbons (Fsp3) is 0.190. The van der Waals surface area contributed by atoms with Crippen LogP contribution in [-0.4, -0.2) is 21.4 Å². The average Bonchev–Trinajstić information content (AvgIpc) is 2.96. The van der Waals surface area contributed by atoms with Crippen LogP contribution in [0.1, 0.15) is 22.4 Å². The van der Waals surface area contributed by atoms with E-state index in [4.69, 9.17) is 28.3 Å². The first-order chi connectivity index (χ1) is 13.4. The first-order valence-corrected chi connectivity index (χ1v) is 10.6. The topological polar surface area (TPSA) is 42.2 Å². The summed E-state index contributed by atoms with van der Waals surface area (Å²) in [6.07, 6.45) is 3.35. The minimum absolute atomic E-state index is 0.377. The van der Waals surface area contributed by atoms with Crippen LogP contribution in [0.2, 0.25) is 10.0 Å². The van der Waals surface area contributed by atoms with Crippen LogP contribution in [-0.2, 0) is 23.5 Å². The van der Waals surface area contributed by atoms with Gasteiger partial charge in [-0.3, -0.25) is 0 Å². The molecule has 1 aliphatic rings. The fourth-order valence-electron chi connectivity index (χ4n) is 3.68. The van der Waals surface area contributed by atoms with E-state index in [-0.39, 0.29) is 5.82 Å². The van der Waals surface area contributed by atoms with Gasteiger partial charge in [0, 0.05) is 45.1 Å². The van der Waals surface area contributed by atoms with Gasteiger partial charge in [-0.05, 0) is 53.6 Å². The third-order valence-corrected chi connectivity index (χ3v) is 6.42. The summed E-state index contributed by atoms with van der Waals surface area (Å²) in [5, 5.41) is 11.0. The lowest BCUT2D eigenvalue weighted by Gasteiger charge is -2.17. The SMILES string of the molecule is O=C(O)/C=C/c1cc(F)cc2c3c(n(Cc4ccc(Cl)cc4Cl)c12)CCSC3. The second kappa shape index (κ2) is 7.82. The van der Waals surface area contributed by atoms with Crippen LogP contribution in [0.3, 0.4) is 0 Å². The largest absolute Gasteiger partial charge is 0.478 e. The third kappa shape index (κ3) is 3.66. The van der Waals surface area contributed by atoms with Gasteiger partial charge in [0.1, 0.15) is 5.82 Å². The molecule has 0 saturated heterocycles. The molecule has 2 aromatic carbocycles. The van der Waals surface area contributed by atoms with Gasteiger partial charge in [-0.15, -0.1) is 0 Å². The predicted octanol–water partition coefficient (Wildman–Crippen LogP) is 6.02. The molecule has 0 unspecified atom stereocenters. The quantitative estimate of drug-likeness (QED) is 0.509. The van der Waals surface area contributed by atoms with Crippen LogP contribution < -0.4 is 0 Å². The van der Waals surface area contributed by atoms with Crippen LogP contribution >= 0.6 is 35.0 Å². The Hall–Kier alpha value is -1.95. The van der Waals surface area contributed by atoms with Crippen molar-refractivity contribution in [2.24, 2.45) is 0 Å². The number of aromatic nitrogens is 1. The van der Waals surface area contributed by atoms with E-state index in [1.807, 2.05) is 17.8 Å². The second-order valence-corrected chi connectivity index (χ2v) is 8.56. The van der Waals surface area contributed by atoms with Crippen molar-refractivity contribution in [3.05, 3.63) is 74.7 Å². The molecule has 0 radical (unpaired) electrons. The van der Waals surface area contributed by atoms with Crippen molar-refractivity contribution in [3.8, 4) is 0 Å². The Morgan fingerprint density at radius 3 is 2.86 bits per heavy atom. The Bertz CT molecular complexity index is 1120. The van der Waals surface area contributed by atoms with Gasteiger partial charge >= 0.3 is 5.97 Å². The van der Waals surface area contributed by atoms with Gasteiger partial charge in [0.15, 0.2) is 0 Å². The summed E-state index contributed by atoms with van der Waals surface area (Å²) >= 11 is 14.2. The average molecular weight is 436 g/mol. The minimum Gasteiger partial charge on any atom is -0.478 e. The molecule has 2 heterocycles. The number of carboxylic acids is 1. The zero-order valence-electron chi connectivity index (χ0n) is 14.7. The molecule has 28 heavy (non-hydrogen) atoms. The van der Waals surface area contributed by atoms with Gasteiger partial charge in [0.05, 0.1) is 5.52 Å². The number of aliphatic carboxylic acids is 1. The van der Waals surface area contributed by atoms with Crippen LogP contribution in [0.4, 0.5) is 4.39 Å². The summed E-state index contributed by atoms with van der Waals surface area (Å²) in [5.74, 6) is 0.341. The zero-order valence-corrected chi connectivity index (χ0v) is 17.0. The summed E-state index contributed by atoms with van der Waals surface area (Å²) in [4.78, 5) is 11.0. The minimum atomic E-state index is -1.07. The van der Waals surface area contributed by atoms with Crippen LogP contribution in [0.25, 0.3) is 17.0 Å². The lowest BCUT2D eigenvalue weighted by molar-refractivity contribution is -0.131. The summed E-state index contributed by atoms with van der Waals surface area (Å²) < 4.78 is 16.4. The Kier molecular flexibility index (Phi) is 5.41. The highest BCUT2D eigenvalue weighted by molar-refractivity contribution is 7.98. The molecule has 0 amide bonds. The summed E-state index contributed by atoms with van der Waals surface area (Å²) in [6, 6.07) is 8.30. The van der Waals surface area contributed by atoms with E-state index in [0.717, 1.165) is 51.7 Å². The number of carboxylic acid groups (broad SMARTS) is 1. The number of benzene rings is 2. The Morgan fingerprint density at radius 1 is 1.29 bits per heavy atom. The second-order valence-electron chi connectivity index (χ2n) is 6.61. The van der Waals surface area contributed by atoms with Crippen molar-refractivity contribution in [2.75, 3.05) is 5.75 Å². The summed E-state index contributed by atoms with van der Waals surface area (Å²) in [6.45, 7) is 0.506. The molecule has 0 saturated carbocycles. The highest BCUT2D eigenvalue weighted by Gasteiger charge is 2.23. The molecule has 1 N–H and O–H groups in total. The maximum Gasteiger partial charge on any atom is 0.328 e. The number of hydrogen-bond donors (Lipinski definition) is 1. The molecule has 0 bridgehead atoms. The van der Waals surface area contributed by atoms with E-state index in [1.54, 1.807) is 12.1 Å². The Morgan fingerprint density at radius 2 is 2.11 bits per heavy atom. The van der Waals surface area contributed by atoms with E-state index >= 15 is 0 Å². The monoisotopic (exact) mass is 435 g/mol. The molecule has 0 atom stereocenters. The number of hydrogen-bond acceptors (Lipinski definition) is 2. The summed E-state index contributed by atoms with van der Waals surface area (Å²) in [5.41, 5.74) is 4.54. The lowest BCUT2D eigenvalue weighted by Crippen LogP contribution is -2.10. The molecule has 4 rings (SSSR count). The first kappa shape index (κ1) is 19.4. The Balaban J connectivity index is 1.96.